The van der Waals surface area contributed by atoms with Gasteiger partial charge in [0.15, 0.2) is 0 Å². The van der Waals surface area contributed by atoms with Gasteiger partial charge in [-0.15, -0.1) is 12.4 Å². The molecule has 4 nitrogen and oxygen atoms in total. The second kappa shape index (κ2) is 7.22. The van der Waals surface area contributed by atoms with Crippen molar-refractivity contribution in [2.75, 3.05) is 6.61 Å². The summed E-state index contributed by atoms with van der Waals surface area (Å²) in [5.74, 6) is 0.157. The van der Waals surface area contributed by atoms with Crippen molar-refractivity contribution >= 4 is 18.4 Å². The molecule has 0 radical (unpaired) electrons. The summed E-state index contributed by atoms with van der Waals surface area (Å²) in [6.07, 6.45) is 0.521. The van der Waals surface area contributed by atoms with E-state index in [9.17, 15) is 4.79 Å². The number of esters is 1. The van der Waals surface area contributed by atoms with E-state index >= 15 is 0 Å². The van der Waals surface area contributed by atoms with E-state index in [2.05, 4.69) is 0 Å². The highest BCUT2D eigenvalue weighted by molar-refractivity contribution is 5.85. The Balaban J connectivity index is 0.00000225. The first-order chi connectivity index (χ1) is 7.13. The van der Waals surface area contributed by atoms with E-state index in [4.69, 9.17) is 15.6 Å². The van der Waals surface area contributed by atoms with Gasteiger partial charge in [0.05, 0.1) is 0 Å². The third-order valence-corrected chi connectivity index (χ3v) is 2.01. The number of ether oxygens (including phenoxy) is 1. The molecule has 0 amide bonds. The largest absolute Gasteiger partial charge is 0.427 e. The predicted octanol–water partition coefficient (Wildman–Crippen LogP) is 1.42. The first-order valence-electron chi connectivity index (χ1n) is 4.78. The van der Waals surface area contributed by atoms with Crippen LogP contribution in [-0.2, 0) is 4.79 Å². The number of aliphatic hydroxyl groups is 1. The van der Waals surface area contributed by atoms with Gasteiger partial charge in [-0.2, -0.15) is 0 Å². The SMILES string of the molecule is CC(=O)Oc1ccc([C@H](N)CCO)cc1.Cl. The van der Waals surface area contributed by atoms with Crippen molar-refractivity contribution in [3.63, 3.8) is 0 Å². The summed E-state index contributed by atoms with van der Waals surface area (Å²) in [5.41, 5.74) is 6.71. The summed E-state index contributed by atoms with van der Waals surface area (Å²) in [6.45, 7) is 1.41. The van der Waals surface area contributed by atoms with Gasteiger partial charge in [-0.1, -0.05) is 12.1 Å². The smallest absolute Gasteiger partial charge is 0.308 e. The number of benzene rings is 1. The molecular weight excluding hydrogens is 230 g/mol. The fourth-order valence-electron chi connectivity index (χ4n) is 1.25. The fourth-order valence-corrected chi connectivity index (χ4v) is 1.25. The Kier molecular flexibility index (Phi) is 6.72. The number of hydrogen-bond donors (Lipinski definition) is 2. The maximum absolute atomic E-state index is 10.7. The molecule has 0 fully saturated rings. The average molecular weight is 246 g/mol. The van der Waals surface area contributed by atoms with Crippen LogP contribution in [0, 0.1) is 0 Å². The number of rotatable bonds is 4. The van der Waals surface area contributed by atoms with Gasteiger partial charge in [0.2, 0.25) is 0 Å². The summed E-state index contributed by atoms with van der Waals surface area (Å²) in [7, 11) is 0. The third kappa shape index (κ3) is 4.61. The number of nitrogens with two attached hydrogens (primary N) is 1. The highest BCUT2D eigenvalue weighted by Gasteiger charge is 2.05. The number of aliphatic hydroxyl groups excluding tert-OH is 1. The fraction of sp³-hybridized carbons (Fsp3) is 0.364. The molecule has 1 atom stereocenters. The van der Waals surface area contributed by atoms with Crippen LogP contribution >= 0.6 is 12.4 Å². The molecule has 0 unspecified atom stereocenters. The van der Waals surface area contributed by atoms with E-state index in [1.165, 1.54) is 6.92 Å². The Bertz CT molecular complexity index is 327. The second-order valence-electron chi connectivity index (χ2n) is 3.28. The summed E-state index contributed by atoms with van der Waals surface area (Å²) in [4.78, 5) is 10.7. The number of halogens is 1. The number of hydrogen-bond acceptors (Lipinski definition) is 4. The highest BCUT2D eigenvalue weighted by Crippen LogP contribution is 2.18. The van der Waals surface area contributed by atoms with E-state index in [1.807, 2.05) is 0 Å². The Hall–Kier alpha value is -1.10. The average Bonchev–Trinajstić information content (AvgIpc) is 2.18. The Morgan fingerprint density at radius 3 is 2.44 bits per heavy atom. The van der Waals surface area contributed by atoms with Gasteiger partial charge in [0.25, 0.3) is 0 Å². The molecule has 0 saturated heterocycles. The first kappa shape index (κ1) is 14.9. The first-order valence-corrected chi connectivity index (χ1v) is 4.78. The van der Waals surface area contributed by atoms with Crippen molar-refractivity contribution in [3.8, 4) is 5.75 Å². The van der Waals surface area contributed by atoms with Crippen LogP contribution < -0.4 is 10.5 Å². The summed E-state index contributed by atoms with van der Waals surface area (Å²) < 4.78 is 4.88. The molecule has 1 aromatic rings. The lowest BCUT2D eigenvalue weighted by Crippen LogP contribution is -2.11. The van der Waals surface area contributed by atoms with E-state index in [-0.39, 0.29) is 31.0 Å². The minimum Gasteiger partial charge on any atom is -0.427 e. The summed E-state index contributed by atoms with van der Waals surface area (Å²) >= 11 is 0. The Labute approximate surface area is 101 Å². The van der Waals surface area contributed by atoms with Crippen LogP contribution in [0.4, 0.5) is 0 Å². The molecular formula is C11H16ClNO3. The monoisotopic (exact) mass is 245 g/mol. The topological polar surface area (TPSA) is 72.5 Å². The molecule has 0 bridgehead atoms. The maximum Gasteiger partial charge on any atom is 0.308 e. The van der Waals surface area contributed by atoms with Gasteiger partial charge < -0.3 is 15.6 Å². The molecule has 0 aromatic heterocycles. The maximum atomic E-state index is 10.7. The molecule has 0 spiro atoms. The van der Waals surface area contributed by atoms with Crippen molar-refractivity contribution in [1.29, 1.82) is 0 Å². The molecule has 1 rings (SSSR count). The molecule has 0 saturated carbocycles. The molecule has 16 heavy (non-hydrogen) atoms. The molecule has 0 aliphatic carbocycles. The zero-order valence-electron chi connectivity index (χ0n) is 9.05. The minimum atomic E-state index is -0.345. The van der Waals surface area contributed by atoms with Crippen molar-refractivity contribution in [2.45, 2.75) is 19.4 Å². The molecule has 0 heterocycles. The molecule has 90 valence electrons. The van der Waals surface area contributed by atoms with Gasteiger partial charge >= 0.3 is 5.97 Å². The van der Waals surface area contributed by atoms with Crippen LogP contribution in [0.5, 0.6) is 5.75 Å². The Morgan fingerprint density at radius 1 is 1.44 bits per heavy atom. The van der Waals surface area contributed by atoms with Crippen LogP contribution in [0.2, 0.25) is 0 Å². The number of carbonyl (C=O) groups is 1. The highest BCUT2D eigenvalue weighted by atomic mass is 35.5. The summed E-state index contributed by atoms with van der Waals surface area (Å²) in [6, 6.07) is 6.78. The molecule has 5 heteroatoms. The van der Waals surface area contributed by atoms with Crippen LogP contribution in [0.25, 0.3) is 0 Å². The molecule has 0 aliphatic heterocycles. The van der Waals surface area contributed by atoms with Crippen molar-refractivity contribution < 1.29 is 14.6 Å². The molecule has 1 aromatic carbocycles. The quantitative estimate of drug-likeness (QED) is 0.622. The van der Waals surface area contributed by atoms with E-state index in [1.54, 1.807) is 24.3 Å². The lowest BCUT2D eigenvalue weighted by atomic mass is 10.1. The van der Waals surface area contributed by atoms with Gasteiger partial charge in [0, 0.05) is 19.6 Å². The zero-order chi connectivity index (χ0) is 11.3. The third-order valence-electron chi connectivity index (χ3n) is 2.01. The lowest BCUT2D eigenvalue weighted by molar-refractivity contribution is -0.131. The number of carbonyl (C=O) groups excluding carboxylic acids is 1. The van der Waals surface area contributed by atoms with Gasteiger partial charge in [-0.25, -0.2) is 0 Å². The van der Waals surface area contributed by atoms with Gasteiger partial charge in [-0.3, -0.25) is 4.79 Å². The standard InChI is InChI=1S/C11H15NO3.ClH/c1-8(14)15-10-4-2-9(3-5-10)11(12)6-7-13;/h2-5,11,13H,6-7,12H2,1H3;1H/t11-;/m1./s1. The van der Waals surface area contributed by atoms with Crippen LogP contribution in [0.1, 0.15) is 24.9 Å². The van der Waals surface area contributed by atoms with Gasteiger partial charge in [0.1, 0.15) is 5.75 Å². The van der Waals surface area contributed by atoms with E-state index in [0.29, 0.717) is 12.2 Å². The van der Waals surface area contributed by atoms with Crippen molar-refractivity contribution in [3.05, 3.63) is 29.8 Å². The lowest BCUT2D eigenvalue weighted by Gasteiger charge is -2.10. The molecule has 3 N–H and O–H groups in total. The predicted molar refractivity (Wildman–Crippen MR) is 63.6 cm³/mol. The van der Waals surface area contributed by atoms with Gasteiger partial charge in [-0.05, 0) is 24.1 Å². The van der Waals surface area contributed by atoms with E-state index in [0.717, 1.165) is 5.56 Å². The second-order valence-corrected chi connectivity index (χ2v) is 3.28. The van der Waals surface area contributed by atoms with E-state index < -0.39 is 0 Å². The van der Waals surface area contributed by atoms with Crippen LogP contribution in [0.3, 0.4) is 0 Å². The van der Waals surface area contributed by atoms with Crippen LogP contribution in [-0.4, -0.2) is 17.7 Å². The minimum absolute atomic E-state index is 0. The Morgan fingerprint density at radius 2 is 2.00 bits per heavy atom. The van der Waals surface area contributed by atoms with Crippen molar-refractivity contribution in [1.82, 2.24) is 0 Å². The normalized spacial score (nSPS) is 11.4. The van der Waals surface area contributed by atoms with Crippen LogP contribution in [0.15, 0.2) is 24.3 Å². The van der Waals surface area contributed by atoms with Crippen molar-refractivity contribution in [2.24, 2.45) is 5.73 Å². The molecule has 0 aliphatic rings. The summed E-state index contributed by atoms with van der Waals surface area (Å²) in [5, 5.41) is 8.72. The zero-order valence-corrected chi connectivity index (χ0v) is 9.87.